The number of hydrogen-bond donors (Lipinski definition) is 2. The Hall–Kier alpha value is -0.340. The van der Waals surface area contributed by atoms with Crippen LogP contribution in [-0.2, 0) is 10.0 Å². The molecule has 0 atom stereocenters. The Balaban J connectivity index is 0.00000784. The fourth-order valence-corrected chi connectivity index (χ4v) is 4.75. The monoisotopic (exact) mass is 557 g/mol. The van der Waals surface area contributed by atoms with Crippen molar-refractivity contribution >= 4 is 40.0 Å². The highest BCUT2D eigenvalue weighted by molar-refractivity contribution is 14.0. The second kappa shape index (κ2) is 13.9. The minimum atomic E-state index is -4.13. The van der Waals surface area contributed by atoms with Crippen molar-refractivity contribution in [2.45, 2.75) is 39.3 Å². The van der Waals surface area contributed by atoms with Crippen LogP contribution in [0.4, 0.5) is 13.2 Å². The van der Waals surface area contributed by atoms with E-state index in [9.17, 15) is 21.6 Å². The van der Waals surface area contributed by atoms with Gasteiger partial charge in [-0.2, -0.15) is 13.2 Å². The maximum atomic E-state index is 12.4. The van der Waals surface area contributed by atoms with Crippen molar-refractivity contribution in [3.63, 3.8) is 0 Å². The lowest BCUT2D eigenvalue weighted by molar-refractivity contribution is -0.148. The molecule has 12 heteroatoms. The Morgan fingerprint density at radius 1 is 1.14 bits per heavy atom. The molecule has 1 saturated heterocycles. The van der Waals surface area contributed by atoms with Crippen LogP contribution in [0.15, 0.2) is 4.99 Å². The van der Waals surface area contributed by atoms with Gasteiger partial charge in [0.05, 0.1) is 12.3 Å². The summed E-state index contributed by atoms with van der Waals surface area (Å²) < 4.78 is 63.0. The molecule has 0 aliphatic carbocycles. The van der Waals surface area contributed by atoms with Gasteiger partial charge in [-0.25, -0.2) is 12.7 Å². The van der Waals surface area contributed by atoms with Crippen molar-refractivity contribution in [2.75, 3.05) is 58.6 Å². The third-order valence-electron chi connectivity index (χ3n) is 4.93. The van der Waals surface area contributed by atoms with Crippen molar-refractivity contribution < 1.29 is 21.6 Å². The lowest BCUT2D eigenvalue weighted by Gasteiger charge is -2.32. The smallest absolute Gasteiger partial charge is 0.356 e. The van der Waals surface area contributed by atoms with Crippen LogP contribution in [-0.4, -0.2) is 88.4 Å². The first-order chi connectivity index (χ1) is 13.1. The summed E-state index contributed by atoms with van der Waals surface area (Å²) in [5, 5.41) is 6.15. The van der Waals surface area contributed by atoms with Crippen LogP contribution >= 0.6 is 24.0 Å². The van der Waals surface area contributed by atoms with Crippen LogP contribution in [0.5, 0.6) is 0 Å². The highest BCUT2D eigenvalue weighted by atomic mass is 127. The van der Waals surface area contributed by atoms with E-state index in [1.807, 2.05) is 13.8 Å². The number of nitrogens with one attached hydrogen (secondary N) is 2. The summed E-state index contributed by atoms with van der Waals surface area (Å²) in [6.07, 6.45) is -1.78. The van der Waals surface area contributed by atoms with E-state index in [-0.39, 0.29) is 36.3 Å². The zero-order valence-corrected chi connectivity index (χ0v) is 20.6. The van der Waals surface area contributed by atoms with Gasteiger partial charge >= 0.3 is 6.18 Å². The van der Waals surface area contributed by atoms with Crippen LogP contribution in [0.25, 0.3) is 0 Å². The molecular weight excluding hydrogens is 522 g/mol. The summed E-state index contributed by atoms with van der Waals surface area (Å²) in [6.45, 7) is 5.54. The molecule has 0 saturated carbocycles. The summed E-state index contributed by atoms with van der Waals surface area (Å²) in [5.74, 6) is 0.912. The van der Waals surface area contributed by atoms with E-state index in [1.54, 1.807) is 7.05 Å². The molecule has 1 aliphatic rings. The topological polar surface area (TPSA) is 77.0 Å². The van der Waals surface area contributed by atoms with Gasteiger partial charge in [0.1, 0.15) is 0 Å². The molecule has 0 radical (unpaired) electrons. The minimum absolute atomic E-state index is 0. The van der Waals surface area contributed by atoms with Crippen molar-refractivity contribution in [3.8, 4) is 0 Å². The molecule has 1 aliphatic heterocycles. The number of aliphatic imine (C=N–C) groups is 1. The molecule has 0 aromatic carbocycles. The summed E-state index contributed by atoms with van der Waals surface area (Å²) in [4.78, 5) is 5.54. The Bertz CT molecular complexity index is 578. The second-order valence-electron chi connectivity index (χ2n) is 6.95. The molecule has 7 nitrogen and oxygen atoms in total. The quantitative estimate of drug-likeness (QED) is 0.245. The second-order valence-corrected chi connectivity index (χ2v) is 9.04. The largest absolute Gasteiger partial charge is 0.401 e. The first kappa shape index (κ1) is 28.7. The third kappa shape index (κ3) is 11.6. The fourth-order valence-electron chi connectivity index (χ4n) is 3.35. The fraction of sp³-hybridized carbons (Fsp3) is 0.941. The molecule has 0 aromatic heterocycles. The molecule has 0 bridgehead atoms. The third-order valence-corrected chi connectivity index (χ3v) is 6.95. The summed E-state index contributed by atoms with van der Waals surface area (Å²) in [7, 11) is -1.66. The molecule has 1 rings (SSSR count). The van der Waals surface area contributed by atoms with E-state index < -0.39 is 22.7 Å². The van der Waals surface area contributed by atoms with Crippen LogP contribution in [0.3, 0.4) is 0 Å². The molecule has 0 unspecified atom stereocenters. The highest BCUT2D eigenvalue weighted by Gasteiger charge is 2.32. The predicted molar refractivity (Wildman–Crippen MR) is 121 cm³/mol. The first-order valence-electron chi connectivity index (χ1n) is 9.82. The van der Waals surface area contributed by atoms with E-state index in [0.717, 1.165) is 19.3 Å². The lowest BCUT2D eigenvalue weighted by Crippen LogP contribution is -2.43. The summed E-state index contributed by atoms with van der Waals surface area (Å²) >= 11 is 0. The Morgan fingerprint density at radius 2 is 1.69 bits per heavy atom. The van der Waals surface area contributed by atoms with Crippen molar-refractivity contribution in [2.24, 2.45) is 10.9 Å². The van der Waals surface area contributed by atoms with Gasteiger partial charge < -0.3 is 10.6 Å². The van der Waals surface area contributed by atoms with Gasteiger partial charge in [0.2, 0.25) is 10.0 Å². The first-order valence-corrected chi connectivity index (χ1v) is 11.4. The molecule has 0 spiro atoms. The van der Waals surface area contributed by atoms with Gasteiger partial charge in [-0.15, -0.1) is 24.0 Å². The maximum absolute atomic E-state index is 12.4. The number of sulfonamides is 1. The van der Waals surface area contributed by atoms with E-state index in [4.69, 9.17) is 0 Å². The number of halogens is 4. The number of alkyl halides is 3. The zero-order valence-electron chi connectivity index (χ0n) is 17.5. The van der Waals surface area contributed by atoms with Crippen LogP contribution < -0.4 is 10.6 Å². The van der Waals surface area contributed by atoms with E-state index in [0.29, 0.717) is 44.6 Å². The zero-order chi connectivity index (χ0) is 21.2. The number of hydrogen-bond acceptors (Lipinski definition) is 4. The number of likely N-dealkylation sites (tertiary alicyclic amines) is 1. The van der Waals surface area contributed by atoms with Gasteiger partial charge in [-0.3, -0.25) is 9.89 Å². The van der Waals surface area contributed by atoms with E-state index in [1.165, 1.54) is 9.21 Å². The van der Waals surface area contributed by atoms with E-state index in [2.05, 4.69) is 15.6 Å². The Morgan fingerprint density at radius 3 is 2.17 bits per heavy atom. The number of rotatable bonds is 10. The molecular formula is C17H35F3IN5O2S. The lowest BCUT2D eigenvalue weighted by atomic mass is 9.93. The van der Waals surface area contributed by atoms with Crippen LogP contribution in [0.1, 0.15) is 33.1 Å². The van der Waals surface area contributed by atoms with Gasteiger partial charge in [0, 0.05) is 33.2 Å². The van der Waals surface area contributed by atoms with Gasteiger partial charge in [0.25, 0.3) is 0 Å². The molecule has 174 valence electrons. The van der Waals surface area contributed by atoms with Gasteiger partial charge in [-0.05, 0) is 38.3 Å². The Labute approximate surface area is 189 Å². The Kier molecular flexibility index (Phi) is 13.7. The minimum Gasteiger partial charge on any atom is -0.356 e. The normalized spacial score (nSPS) is 17.3. The number of guanidine groups is 1. The molecule has 29 heavy (non-hydrogen) atoms. The van der Waals surface area contributed by atoms with Gasteiger partial charge in [0.15, 0.2) is 5.96 Å². The number of piperidine rings is 1. The number of nitrogens with zero attached hydrogens (tertiary/aromatic N) is 3. The predicted octanol–water partition coefficient (Wildman–Crippen LogP) is 2.11. The van der Waals surface area contributed by atoms with Crippen LogP contribution in [0, 0.1) is 5.92 Å². The summed E-state index contributed by atoms with van der Waals surface area (Å²) in [6, 6.07) is 0. The standard InChI is InChI=1S/C17H34F3N5O2S.HI/c1-4-25(5-2)28(26,27)13-10-23-16(21-3)22-9-6-15-7-11-24(12-8-15)14-17(18,19)20;/h15H,4-14H2,1-3H3,(H2,21,22,23);1H. The maximum Gasteiger partial charge on any atom is 0.401 e. The average Bonchev–Trinajstić information content (AvgIpc) is 2.61. The van der Waals surface area contributed by atoms with Crippen molar-refractivity contribution in [1.29, 1.82) is 0 Å². The summed E-state index contributed by atoms with van der Waals surface area (Å²) in [5.41, 5.74) is 0. The molecule has 1 heterocycles. The molecule has 0 amide bonds. The molecule has 1 fully saturated rings. The van der Waals surface area contributed by atoms with Crippen LogP contribution in [0.2, 0.25) is 0 Å². The van der Waals surface area contributed by atoms with Crippen molar-refractivity contribution in [1.82, 2.24) is 19.8 Å². The van der Waals surface area contributed by atoms with E-state index >= 15 is 0 Å². The molecule has 2 N–H and O–H groups in total. The average molecular weight is 557 g/mol. The highest BCUT2D eigenvalue weighted by Crippen LogP contribution is 2.23. The van der Waals surface area contributed by atoms with Crippen molar-refractivity contribution in [3.05, 3.63) is 0 Å². The van der Waals surface area contributed by atoms with Gasteiger partial charge in [-0.1, -0.05) is 13.8 Å². The SMILES string of the molecule is CCN(CC)S(=O)(=O)CCNC(=NC)NCCC1CCN(CC(F)(F)F)CC1.I. The molecule has 0 aromatic rings.